The fourth-order valence-electron chi connectivity index (χ4n) is 4.19. The summed E-state index contributed by atoms with van der Waals surface area (Å²) in [5.74, 6) is -0.795. The van der Waals surface area contributed by atoms with E-state index in [1.165, 1.54) is 30.5 Å². The normalized spacial score (nSPS) is 13.1. The van der Waals surface area contributed by atoms with Gasteiger partial charge >= 0.3 is 5.97 Å². The topological polar surface area (TPSA) is 116 Å². The number of hydrogen-bond acceptors (Lipinski definition) is 6. The number of carboxylic acids is 1. The van der Waals surface area contributed by atoms with Crippen LogP contribution in [-0.4, -0.2) is 33.8 Å². The molecule has 1 aromatic heterocycles. The summed E-state index contributed by atoms with van der Waals surface area (Å²) in [6.07, 6.45) is 2.74. The number of aromatic nitrogens is 2. The number of rotatable bonds is 4. The minimum atomic E-state index is -1.04. The van der Waals surface area contributed by atoms with Gasteiger partial charge in [0.25, 0.3) is 0 Å². The number of nitrogens with zero attached hydrogens (tertiary/aromatic N) is 3. The van der Waals surface area contributed by atoms with E-state index >= 15 is 0 Å². The molecule has 0 unspecified atom stereocenters. The van der Waals surface area contributed by atoms with E-state index in [0.717, 1.165) is 29.7 Å². The lowest BCUT2D eigenvalue weighted by Gasteiger charge is -2.31. The number of nitrogens with two attached hydrogens (primary N) is 1. The third-order valence-corrected chi connectivity index (χ3v) is 5.82. The van der Waals surface area contributed by atoms with Gasteiger partial charge in [0.15, 0.2) is 5.82 Å². The molecular formula is C25H20FN5O2. The van der Waals surface area contributed by atoms with Crippen LogP contribution < -0.4 is 10.6 Å². The second-order valence-electron chi connectivity index (χ2n) is 7.92. The van der Waals surface area contributed by atoms with Crippen LogP contribution in [0.1, 0.15) is 27.9 Å². The maximum Gasteiger partial charge on any atom is 0.335 e. The lowest BCUT2D eigenvalue weighted by Crippen LogP contribution is -2.26. The number of carboxylic acid groups (broad SMARTS) is 1. The molecule has 1 aliphatic heterocycles. The van der Waals surface area contributed by atoms with Crippen molar-refractivity contribution in [3.63, 3.8) is 0 Å². The third-order valence-electron chi connectivity index (χ3n) is 5.82. The van der Waals surface area contributed by atoms with E-state index in [1.54, 1.807) is 24.3 Å². The Kier molecular flexibility index (Phi) is 4.97. The van der Waals surface area contributed by atoms with E-state index in [1.807, 2.05) is 11.0 Å². The first-order chi connectivity index (χ1) is 15.9. The summed E-state index contributed by atoms with van der Waals surface area (Å²) >= 11 is 0. The van der Waals surface area contributed by atoms with Crippen molar-refractivity contribution in [1.82, 2.24) is 9.97 Å². The number of benzene rings is 3. The number of aromatic carboxylic acids is 1. The van der Waals surface area contributed by atoms with E-state index in [2.05, 4.69) is 0 Å². The number of nitrogens with one attached hydrogen (secondary N) is 1. The smallest absolute Gasteiger partial charge is 0.335 e. The average Bonchev–Trinajstić information content (AvgIpc) is 2.82. The molecule has 0 saturated heterocycles. The molecule has 0 bridgehead atoms. The summed E-state index contributed by atoms with van der Waals surface area (Å²) in [6.45, 7) is 0.650. The van der Waals surface area contributed by atoms with Crippen LogP contribution in [0.15, 0.2) is 54.6 Å². The van der Waals surface area contributed by atoms with Crippen molar-refractivity contribution in [3.05, 3.63) is 77.1 Å². The Hall–Kier alpha value is -4.33. The Labute approximate surface area is 188 Å². The molecule has 8 heteroatoms. The molecule has 0 fully saturated rings. The molecule has 0 saturated carbocycles. The van der Waals surface area contributed by atoms with E-state index in [-0.39, 0.29) is 11.4 Å². The Morgan fingerprint density at radius 3 is 2.73 bits per heavy atom. The second kappa shape index (κ2) is 7.98. The van der Waals surface area contributed by atoms with Gasteiger partial charge in [-0.3, -0.25) is 0 Å². The molecule has 4 N–H and O–H groups in total. The molecule has 3 aromatic carbocycles. The Balaban J connectivity index is 1.78. The fraction of sp³-hybridized carbons (Fsp3) is 0.120. The van der Waals surface area contributed by atoms with Gasteiger partial charge in [0, 0.05) is 35.3 Å². The van der Waals surface area contributed by atoms with Crippen LogP contribution in [0.2, 0.25) is 0 Å². The largest absolute Gasteiger partial charge is 0.478 e. The molecule has 33 heavy (non-hydrogen) atoms. The quantitative estimate of drug-likeness (QED) is 0.309. The van der Waals surface area contributed by atoms with Gasteiger partial charge in [0.1, 0.15) is 11.5 Å². The number of hydrogen-bond donors (Lipinski definition) is 3. The van der Waals surface area contributed by atoms with Crippen LogP contribution >= 0.6 is 0 Å². The van der Waals surface area contributed by atoms with Crippen LogP contribution in [0.4, 0.5) is 21.6 Å². The van der Waals surface area contributed by atoms with Gasteiger partial charge in [-0.25, -0.2) is 19.2 Å². The Morgan fingerprint density at radius 1 is 1.09 bits per heavy atom. The maximum absolute atomic E-state index is 13.9. The van der Waals surface area contributed by atoms with Crippen LogP contribution in [0.5, 0.6) is 0 Å². The first-order valence-corrected chi connectivity index (χ1v) is 10.5. The molecular weight excluding hydrogens is 421 g/mol. The van der Waals surface area contributed by atoms with Gasteiger partial charge in [-0.2, -0.15) is 0 Å². The van der Waals surface area contributed by atoms with Gasteiger partial charge in [0.2, 0.25) is 0 Å². The van der Waals surface area contributed by atoms with Gasteiger partial charge in [0.05, 0.1) is 16.6 Å². The van der Waals surface area contributed by atoms with Crippen molar-refractivity contribution >= 4 is 40.4 Å². The molecule has 0 amide bonds. The number of carbonyl (C=O) groups is 1. The zero-order chi connectivity index (χ0) is 23.1. The first-order valence-electron chi connectivity index (χ1n) is 10.5. The minimum absolute atomic E-state index is 0.121. The van der Waals surface area contributed by atoms with E-state index in [0.29, 0.717) is 40.3 Å². The molecule has 1 aliphatic rings. The van der Waals surface area contributed by atoms with Gasteiger partial charge in [-0.05, 0) is 66.9 Å². The van der Waals surface area contributed by atoms with E-state index in [4.69, 9.17) is 21.1 Å². The highest BCUT2D eigenvalue weighted by molar-refractivity contribution is 5.95. The summed E-state index contributed by atoms with van der Waals surface area (Å²) in [5, 5.41) is 17.1. The van der Waals surface area contributed by atoms with Crippen LogP contribution in [0.3, 0.4) is 0 Å². The summed E-state index contributed by atoms with van der Waals surface area (Å²) in [5.41, 5.74) is 11.2. The number of halogens is 1. The zero-order valence-electron chi connectivity index (χ0n) is 17.5. The van der Waals surface area contributed by atoms with Crippen molar-refractivity contribution in [2.75, 3.05) is 17.2 Å². The van der Waals surface area contributed by atoms with Crippen LogP contribution in [0.25, 0.3) is 22.3 Å². The highest BCUT2D eigenvalue weighted by Gasteiger charge is 2.24. The monoisotopic (exact) mass is 441 g/mol. The Morgan fingerprint density at radius 2 is 1.94 bits per heavy atom. The number of nitrogen functional groups attached to an aromatic ring is 1. The van der Waals surface area contributed by atoms with Crippen molar-refractivity contribution in [1.29, 1.82) is 5.41 Å². The van der Waals surface area contributed by atoms with E-state index in [9.17, 15) is 14.3 Å². The van der Waals surface area contributed by atoms with Crippen LogP contribution in [-0.2, 0) is 6.42 Å². The highest BCUT2D eigenvalue weighted by Crippen LogP contribution is 2.39. The molecule has 0 atom stereocenters. The molecule has 0 aliphatic carbocycles. The number of aryl methyl sites for hydroxylation is 1. The van der Waals surface area contributed by atoms with Crippen LogP contribution in [0, 0.1) is 11.2 Å². The lowest BCUT2D eigenvalue weighted by atomic mass is 10.00. The summed E-state index contributed by atoms with van der Waals surface area (Å²) in [4.78, 5) is 23.1. The maximum atomic E-state index is 13.9. The van der Waals surface area contributed by atoms with Gasteiger partial charge in [-0.15, -0.1) is 0 Å². The third kappa shape index (κ3) is 3.65. The fourth-order valence-corrected chi connectivity index (χ4v) is 4.19. The highest BCUT2D eigenvalue weighted by atomic mass is 19.1. The molecule has 0 spiro atoms. The zero-order valence-corrected chi connectivity index (χ0v) is 17.5. The SMILES string of the molecule is N=Cc1cc(-c2nc3ccc(C(=O)O)cc3nc2N2CCCc3cc(F)ccc32)ccc1N. The van der Waals surface area contributed by atoms with Crippen molar-refractivity contribution < 1.29 is 14.3 Å². The molecule has 4 aromatic rings. The number of anilines is 3. The molecule has 7 nitrogen and oxygen atoms in total. The molecule has 5 rings (SSSR count). The van der Waals surface area contributed by atoms with Gasteiger partial charge in [-0.1, -0.05) is 6.07 Å². The molecule has 2 heterocycles. The van der Waals surface area contributed by atoms with Gasteiger partial charge < -0.3 is 21.1 Å². The average molecular weight is 441 g/mol. The summed E-state index contributed by atoms with van der Waals surface area (Å²) < 4.78 is 13.9. The predicted molar refractivity (Wildman–Crippen MR) is 126 cm³/mol. The standard InChI is InChI=1S/C25H20FN5O2/c26-18-5-8-22-14(11-18)2-1-9-31(22)24-23(15-3-6-19(28)17(10-15)13-27)29-20-7-4-16(25(32)33)12-21(20)30-24/h3-8,10-13,27H,1-2,9,28H2,(H,32,33). The predicted octanol–water partition coefficient (Wildman–Crippen LogP) is 4.80. The van der Waals surface area contributed by atoms with Crippen molar-refractivity contribution in [2.24, 2.45) is 0 Å². The second-order valence-corrected chi connectivity index (χ2v) is 7.92. The molecule has 0 radical (unpaired) electrons. The first kappa shape index (κ1) is 20.6. The van der Waals surface area contributed by atoms with Crippen molar-refractivity contribution in [3.8, 4) is 11.3 Å². The summed E-state index contributed by atoms with van der Waals surface area (Å²) in [6, 6.07) is 14.6. The summed E-state index contributed by atoms with van der Waals surface area (Å²) in [7, 11) is 0. The van der Waals surface area contributed by atoms with E-state index < -0.39 is 5.97 Å². The Bertz CT molecular complexity index is 1440. The van der Waals surface area contributed by atoms with Crippen molar-refractivity contribution in [2.45, 2.75) is 12.8 Å². The lowest BCUT2D eigenvalue weighted by molar-refractivity contribution is 0.0697. The molecule has 164 valence electrons. The number of fused-ring (bicyclic) bond motifs is 2. The minimum Gasteiger partial charge on any atom is -0.478 e.